The molecule has 18 heavy (non-hydrogen) atoms. The second-order valence-corrected chi connectivity index (χ2v) is 5.36. The number of thiophene rings is 1. The molecule has 2 heterocycles. The fraction of sp³-hybridized carbons (Fsp3) is 0.182. The van der Waals surface area contributed by atoms with Gasteiger partial charge in [0, 0.05) is 17.6 Å². The zero-order chi connectivity index (χ0) is 13.1. The number of rotatable bonds is 3. The van der Waals surface area contributed by atoms with Crippen LogP contribution in [-0.2, 0) is 13.0 Å². The topological polar surface area (TPSA) is 78.7 Å². The number of aryl methyl sites for hydroxylation is 2. The maximum Gasteiger partial charge on any atom is 0.328 e. The molecule has 92 valence electrons. The largest absolute Gasteiger partial charge is 0.328 e. The van der Waals surface area contributed by atoms with Gasteiger partial charge in [-0.2, -0.15) is 5.26 Å². The van der Waals surface area contributed by atoms with Gasteiger partial charge in [0.15, 0.2) is 0 Å². The van der Waals surface area contributed by atoms with Gasteiger partial charge in [-0.3, -0.25) is 14.3 Å². The average Bonchev–Trinajstić information content (AvgIpc) is 2.74. The normalized spacial score (nSPS) is 10.2. The summed E-state index contributed by atoms with van der Waals surface area (Å²) in [7, 11) is 0. The van der Waals surface area contributed by atoms with Crippen LogP contribution in [0.25, 0.3) is 0 Å². The van der Waals surface area contributed by atoms with Crippen molar-refractivity contribution in [2.24, 2.45) is 0 Å². The lowest BCUT2D eigenvalue weighted by Crippen LogP contribution is -2.31. The Labute approximate surface area is 111 Å². The summed E-state index contributed by atoms with van der Waals surface area (Å²) in [6.07, 6.45) is 1.89. The summed E-state index contributed by atoms with van der Waals surface area (Å²) in [4.78, 5) is 25.8. The van der Waals surface area contributed by atoms with Crippen molar-refractivity contribution >= 4 is 22.9 Å². The Hall–Kier alpha value is -1.84. The molecular formula is C11H8ClN3O2S. The summed E-state index contributed by atoms with van der Waals surface area (Å²) < 4.78 is 2.00. The van der Waals surface area contributed by atoms with Crippen molar-refractivity contribution < 1.29 is 0 Å². The number of aromatic amines is 1. The van der Waals surface area contributed by atoms with Gasteiger partial charge >= 0.3 is 5.69 Å². The first-order chi connectivity index (χ1) is 8.60. The number of aromatic nitrogens is 2. The molecule has 2 aromatic rings. The molecule has 1 N–H and O–H groups in total. The summed E-state index contributed by atoms with van der Waals surface area (Å²) in [5.74, 6) is 0. The molecule has 0 aromatic carbocycles. The fourth-order valence-corrected chi connectivity index (χ4v) is 2.55. The van der Waals surface area contributed by atoms with Crippen molar-refractivity contribution in [1.29, 1.82) is 5.26 Å². The minimum absolute atomic E-state index is 0.0705. The molecule has 0 aliphatic heterocycles. The second-order valence-electron chi connectivity index (χ2n) is 3.56. The number of nitrogens with one attached hydrogen (secondary N) is 1. The van der Waals surface area contributed by atoms with Crippen molar-refractivity contribution in [2.75, 3.05) is 0 Å². The number of hydrogen-bond donors (Lipinski definition) is 1. The van der Waals surface area contributed by atoms with Crippen LogP contribution in [0.2, 0.25) is 4.34 Å². The van der Waals surface area contributed by atoms with Crippen LogP contribution in [0.5, 0.6) is 0 Å². The average molecular weight is 282 g/mol. The van der Waals surface area contributed by atoms with Crippen LogP contribution < -0.4 is 11.2 Å². The van der Waals surface area contributed by atoms with Gasteiger partial charge in [0.1, 0.15) is 11.6 Å². The zero-order valence-electron chi connectivity index (χ0n) is 9.14. The molecule has 2 rings (SSSR count). The molecule has 2 aromatic heterocycles. The first-order valence-electron chi connectivity index (χ1n) is 5.08. The summed E-state index contributed by atoms with van der Waals surface area (Å²) in [6.45, 7) is 0.390. The van der Waals surface area contributed by atoms with Crippen LogP contribution >= 0.6 is 22.9 Å². The van der Waals surface area contributed by atoms with Crippen LogP contribution in [0.1, 0.15) is 10.4 Å². The molecule has 0 bridgehead atoms. The highest BCUT2D eigenvalue weighted by molar-refractivity contribution is 7.16. The van der Waals surface area contributed by atoms with Gasteiger partial charge in [-0.1, -0.05) is 11.6 Å². The van der Waals surface area contributed by atoms with E-state index in [0.717, 1.165) is 4.88 Å². The van der Waals surface area contributed by atoms with Crippen LogP contribution in [-0.4, -0.2) is 9.55 Å². The standard InChI is InChI=1S/C11H8ClN3O2S/c12-9-2-1-8(18-9)3-4-15-6-7(5-13)10(16)14-11(15)17/h1-2,6H,3-4H2,(H,14,16,17). The van der Waals surface area contributed by atoms with Gasteiger partial charge in [-0.05, 0) is 18.6 Å². The molecule has 0 saturated carbocycles. The molecule has 0 spiro atoms. The van der Waals surface area contributed by atoms with E-state index in [2.05, 4.69) is 4.98 Å². The van der Waals surface area contributed by atoms with E-state index in [1.165, 1.54) is 22.1 Å². The van der Waals surface area contributed by atoms with Crippen molar-refractivity contribution in [1.82, 2.24) is 9.55 Å². The molecule has 0 unspecified atom stereocenters. The number of H-pyrrole nitrogens is 1. The predicted octanol–water partition coefficient (Wildman–Crippen LogP) is 1.37. The Kier molecular flexibility index (Phi) is 3.65. The van der Waals surface area contributed by atoms with E-state index in [1.807, 2.05) is 6.07 Å². The lowest BCUT2D eigenvalue weighted by molar-refractivity contribution is 0.647. The van der Waals surface area contributed by atoms with Crippen LogP contribution in [0.15, 0.2) is 27.9 Å². The SMILES string of the molecule is N#Cc1cn(CCc2ccc(Cl)s2)c(=O)[nH]c1=O. The van der Waals surface area contributed by atoms with Gasteiger partial charge in [-0.15, -0.1) is 11.3 Å². The maximum absolute atomic E-state index is 11.5. The number of halogens is 1. The number of hydrogen-bond acceptors (Lipinski definition) is 4. The maximum atomic E-state index is 11.5. The Balaban J connectivity index is 2.22. The summed E-state index contributed by atoms with van der Waals surface area (Å²) in [5.41, 5.74) is -1.24. The highest BCUT2D eigenvalue weighted by atomic mass is 35.5. The van der Waals surface area contributed by atoms with E-state index in [9.17, 15) is 9.59 Å². The van der Waals surface area contributed by atoms with Gasteiger partial charge in [0.05, 0.1) is 4.34 Å². The zero-order valence-corrected chi connectivity index (χ0v) is 10.7. The van der Waals surface area contributed by atoms with Gasteiger partial charge in [0.25, 0.3) is 5.56 Å². The molecule has 0 saturated heterocycles. The van der Waals surface area contributed by atoms with Crippen LogP contribution in [0, 0.1) is 11.3 Å². The Morgan fingerprint density at radius 2 is 2.22 bits per heavy atom. The molecule has 5 nitrogen and oxygen atoms in total. The molecule has 7 heteroatoms. The number of nitrogens with zero attached hydrogens (tertiary/aromatic N) is 2. The van der Waals surface area contributed by atoms with Crippen molar-refractivity contribution in [3.05, 3.63) is 53.9 Å². The van der Waals surface area contributed by atoms with Crippen molar-refractivity contribution in [2.45, 2.75) is 13.0 Å². The molecule has 0 aliphatic rings. The first kappa shape index (κ1) is 12.6. The van der Waals surface area contributed by atoms with E-state index in [-0.39, 0.29) is 5.56 Å². The third-order valence-electron chi connectivity index (χ3n) is 2.36. The number of nitriles is 1. The minimum atomic E-state index is -0.655. The van der Waals surface area contributed by atoms with Crippen LogP contribution in [0.3, 0.4) is 0 Å². The predicted molar refractivity (Wildman–Crippen MR) is 69.1 cm³/mol. The second kappa shape index (κ2) is 5.21. The third kappa shape index (κ3) is 2.70. The molecule has 0 radical (unpaired) electrons. The van der Waals surface area contributed by atoms with E-state index in [1.54, 1.807) is 12.1 Å². The molecule has 0 fully saturated rings. The molecular weight excluding hydrogens is 274 g/mol. The van der Waals surface area contributed by atoms with E-state index in [0.29, 0.717) is 17.3 Å². The summed E-state index contributed by atoms with van der Waals surface area (Å²) in [6, 6.07) is 5.42. The van der Waals surface area contributed by atoms with Gasteiger partial charge < -0.3 is 0 Å². The lowest BCUT2D eigenvalue weighted by atomic mass is 10.3. The molecule has 0 amide bonds. The monoisotopic (exact) mass is 281 g/mol. The van der Waals surface area contributed by atoms with Crippen molar-refractivity contribution in [3.63, 3.8) is 0 Å². The highest BCUT2D eigenvalue weighted by Crippen LogP contribution is 2.21. The first-order valence-corrected chi connectivity index (χ1v) is 6.27. The van der Waals surface area contributed by atoms with E-state index >= 15 is 0 Å². The highest BCUT2D eigenvalue weighted by Gasteiger charge is 2.05. The third-order valence-corrected chi connectivity index (χ3v) is 3.65. The Bertz CT molecular complexity index is 723. The Morgan fingerprint density at radius 3 is 2.83 bits per heavy atom. The smallest absolute Gasteiger partial charge is 0.299 e. The quantitative estimate of drug-likeness (QED) is 0.923. The van der Waals surface area contributed by atoms with Crippen molar-refractivity contribution in [3.8, 4) is 6.07 Å². The molecule has 0 atom stereocenters. The van der Waals surface area contributed by atoms with Crippen LogP contribution in [0.4, 0.5) is 0 Å². The summed E-state index contributed by atoms with van der Waals surface area (Å²) in [5, 5.41) is 8.72. The minimum Gasteiger partial charge on any atom is -0.299 e. The van der Waals surface area contributed by atoms with Gasteiger partial charge in [0.2, 0.25) is 0 Å². The lowest BCUT2D eigenvalue weighted by Gasteiger charge is -2.03. The van der Waals surface area contributed by atoms with E-state index in [4.69, 9.17) is 16.9 Å². The fourth-order valence-electron chi connectivity index (χ4n) is 1.47. The summed E-state index contributed by atoms with van der Waals surface area (Å²) >= 11 is 7.24. The Morgan fingerprint density at radius 1 is 1.44 bits per heavy atom. The molecule has 0 aliphatic carbocycles. The van der Waals surface area contributed by atoms with Gasteiger partial charge in [-0.25, -0.2) is 4.79 Å². The van der Waals surface area contributed by atoms with E-state index < -0.39 is 11.2 Å².